The average Bonchev–Trinajstić information content (AvgIpc) is 2.61. The van der Waals surface area contributed by atoms with E-state index in [1.807, 2.05) is 48.9 Å². The molecule has 0 aliphatic heterocycles. The van der Waals surface area contributed by atoms with Crippen molar-refractivity contribution in [2.45, 2.75) is 26.5 Å². The van der Waals surface area contributed by atoms with Crippen LogP contribution in [0.25, 0.3) is 10.9 Å². The van der Waals surface area contributed by atoms with Crippen molar-refractivity contribution < 1.29 is 9.53 Å². The Morgan fingerprint density at radius 2 is 2.18 bits per heavy atom. The third-order valence-corrected chi connectivity index (χ3v) is 2.49. The number of carbonyl (C=O) groups is 1. The number of esters is 1. The molecule has 2 N–H and O–H groups in total. The first-order valence-corrected chi connectivity index (χ1v) is 5.60. The molecule has 0 saturated heterocycles. The van der Waals surface area contributed by atoms with Gasteiger partial charge in [-0.15, -0.1) is 0 Å². The van der Waals surface area contributed by atoms with Gasteiger partial charge in [-0.25, -0.2) is 0 Å². The maximum absolute atomic E-state index is 11.6. The molecule has 2 aromatic rings. The minimum absolute atomic E-state index is 0.0957. The van der Waals surface area contributed by atoms with E-state index in [1.165, 1.54) is 0 Å². The van der Waals surface area contributed by atoms with Gasteiger partial charge in [0.05, 0.1) is 17.3 Å². The summed E-state index contributed by atoms with van der Waals surface area (Å²) in [6, 6.07) is 7.63. The van der Waals surface area contributed by atoms with Crippen LogP contribution < -0.4 is 5.73 Å². The van der Waals surface area contributed by atoms with Crippen LogP contribution in [-0.2, 0) is 16.1 Å². The number of nitrogen functional groups attached to an aromatic ring is 1. The van der Waals surface area contributed by atoms with Crippen LogP contribution in [0.1, 0.15) is 13.8 Å². The van der Waals surface area contributed by atoms with Gasteiger partial charge in [-0.1, -0.05) is 12.1 Å². The zero-order valence-corrected chi connectivity index (χ0v) is 10.0. The highest BCUT2D eigenvalue weighted by Crippen LogP contribution is 2.21. The number of para-hydroxylation sites is 1. The molecule has 0 aliphatic carbocycles. The average molecular weight is 232 g/mol. The molecule has 0 spiro atoms. The van der Waals surface area contributed by atoms with E-state index in [2.05, 4.69) is 0 Å². The molecule has 4 nitrogen and oxygen atoms in total. The number of hydrogen-bond acceptors (Lipinski definition) is 3. The first kappa shape index (κ1) is 11.5. The maximum Gasteiger partial charge on any atom is 0.326 e. The van der Waals surface area contributed by atoms with E-state index in [9.17, 15) is 4.79 Å². The minimum Gasteiger partial charge on any atom is -0.462 e. The van der Waals surface area contributed by atoms with E-state index < -0.39 is 0 Å². The van der Waals surface area contributed by atoms with E-state index >= 15 is 0 Å². The summed E-state index contributed by atoms with van der Waals surface area (Å²) in [6.45, 7) is 3.86. The summed E-state index contributed by atoms with van der Waals surface area (Å²) in [7, 11) is 0. The Morgan fingerprint density at radius 3 is 2.88 bits per heavy atom. The van der Waals surface area contributed by atoms with Crippen LogP contribution in [0, 0.1) is 0 Å². The summed E-state index contributed by atoms with van der Waals surface area (Å²) in [6.07, 6.45) is 1.75. The predicted molar refractivity (Wildman–Crippen MR) is 67.6 cm³/mol. The number of nitrogens with zero attached hydrogens (tertiary/aromatic N) is 1. The van der Waals surface area contributed by atoms with Crippen LogP contribution in [0.5, 0.6) is 0 Å². The van der Waals surface area contributed by atoms with Gasteiger partial charge in [0.15, 0.2) is 0 Å². The maximum atomic E-state index is 11.6. The van der Waals surface area contributed by atoms with Crippen LogP contribution in [0.4, 0.5) is 5.69 Å². The van der Waals surface area contributed by atoms with Crippen molar-refractivity contribution in [2.75, 3.05) is 5.73 Å². The number of aromatic nitrogens is 1. The lowest BCUT2D eigenvalue weighted by Crippen LogP contribution is -2.17. The number of anilines is 1. The monoisotopic (exact) mass is 232 g/mol. The fourth-order valence-electron chi connectivity index (χ4n) is 1.86. The van der Waals surface area contributed by atoms with Gasteiger partial charge in [-0.3, -0.25) is 4.79 Å². The van der Waals surface area contributed by atoms with Gasteiger partial charge < -0.3 is 15.0 Å². The lowest BCUT2D eigenvalue weighted by molar-refractivity contribution is -0.148. The summed E-state index contributed by atoms with van der Waals surface area (Å²) >= 11 is 0. The van der Waals surface area contributed by atoms with Crippen LogP contribution in [0.2, 0.25) is 0 Å². The number of hydrogen-bond donors (Lipinski definition) is 1. The standard InChI is InChI=1S/C13H16N2O2/c1-9(2)17-12(16)8-15-7-6-10-4-3-5-11(14)13(10)15/h3-7,9H,8,14H2,1-2H3. The fourth-order valence-corrected chi connectivity index (χ4v) is 1.86. The summed E-state index contributed by atoms with van der Waals surface area (Å²) in [4.78, 5) is 11.6. The lowest BCUT2D eigenvalue weighted by atomic mass is 10.2. The number of benzene rings is 1. The number of carbonyl (C=O) groups excluding carboxylic acids is 1. The molecule has 17 heavy (non-hydrogen) atoms. The largest absolute Gasteiger partial charge is 0.462 e. The second-order valence-corrected chi connectivity index (χ2v) is 4.27. The van der Waals surface area contributed by atoms with Gasteiger partial charge in [-0.05, 0) is 26.0 Å². The molecule has 1 aromatic carbocycles. The van der Waals surface area contributed by atoms with Gasteiger partial charge >= 0.3 is 5.97 Å². The third kappa shape index (κ3) is 2.41. The second-order valence-electron chi connectivity index (χ2n) is 4.27. The Kier molecular flexibility index (Phi) is 3.04. The number of nitrogens with two attached hydrogens (primary N) is 1. The highest BCUT2D eigenvalue weighted by molar-refractivity contribution is 5.91. The smallest absolute Gasteiger partial charge is 0.326 e. The normalized spacial score (nSPS) is 11.0. The third-order valence-electron chi connectivity index (χ3n) is 2.49. The molecule has 2 rings (SSSR count). The molecule has 0 unspecified atom stereocenters. The van der Waals surface area contributed by atoms with Crippen molar-refractivity contribution in [3.05, 3.63) is 30.5 Å². The minimum atomic E-state index is -0.249. The Hall–Kier alpha value is -1.97. The zero-order valence-electron chi connectivity index (χ0n) is 10.0. The molecule has 0 saturated carbocycles. The van der Waals surface area contributed by atoms with E-state index in [0.717, 1.165) is 10.9 Å². The summed E-state index contributed by atoms with van der Waals surface area (Å²) in [5.74, 6) is -0.249. The van der Waals surface area contributed by atoms with Gasteiger partial charge in [0.25, 0.3) is 0 Å². The molecule has 90 valence electrons. The van der Waals surface area contributed by atoms with Crippen LogP contribution in [-0.4, -0.2) is 16.6 Å². The number of fused-ring (bicyclic) bond motifs is 1. The Labute approximate surface area is 100.0 Å². The van der Waals surface area contributed by atoms with Crippen LogP contribution in [0.15, 0.2) is 30.5 Å². The zero-order chi connectivity index (χ0) is 12.4. The van der Waals surface area contributed by atoms with Crippen molar-refractivity contribution in [2.24, 2.45) is 0 Å². The van der Waals surface area contributed by atoms with Crippen molar-refractivity contribution >= 4 is 22.6 Å². The predicted octanol–water partition coefficient (Wildman–Crippen LogP) is 2.18. The first-order chi connectivity index (χ1) is 8.08. The molecule has 0 aliphatic rings. The molecule has 0 fully saturated rings. The summed E-state index contributed by atoms with van der Waals surface area (Å²) < 4.78 is 6.93. The first-order valence-electron chi connectivity index (χ1n) is 5.60. The molecular weight excluding hydrogens is 216 g/mol. The molecule has 1 heterocycles. The number of rotatable bonds is 3. The van der Waals surface area contributed by atoms with E-state index in [1.54, 1.807) is 0 Å². The molecule has 1 aromatic heterocycles. The van der Waals surface area contributed by atoms with Crippen molar-refractivity contribution in [1.29, 1.82) is 0 Å². The Balaban J connectivity index is 2.28. The van der Waals surface area contributed by atoms with Crippen molar-refractivity contribution in [1.82, 2.24) is 4.57 Å². The molecular formula is C13H16N2O2. The topological polar surface area (TPSA) is 57.2 Å². The number of ether oxygens (including phenoxy) is 1. The quantitative estimate of drug-likeness (QED) is 0.651. The Bertz CT molecular complexity index is 543. The van der Waals surface area contributed by atoms with E-state index in [4.69, 9.17) is 10.5 Å². The van der Waals surface area contributed by atoms with Crippen LogP contribution >= 0.6 is 0 Å². The van der Waals surface area contributed by atoms with Crippen molar-refractivity contribution in [3.63, 3.8) is 0 Å². The second kappa shape index (κ2) is 4.49. The molecule has 0 amide bonds. The van der Waals surface area contributed by atoms with E-state index in [0.29, 0.717) is 5.69 Å². The van der Waals surface area contributed by atoms with E-state index in [-0.39, 0.29) is 18.6 Å². The Morgan fingerprint density at radius 1 is 1.41 bits per heavy atom. The highest BCUT2D eigenvalue weighted by atomic mass is 16.5. The molecule has 0 atom stereocenters. The van der Waals surface area contributed by atoms with Crippen LogP contribution in [0.3, 0.4) is 0 Å². The van der Waals surface area contributed by atoms with Gasteiger partial charge in [0.2, 0.25) is 0 Å². The van der Waals surface area contributed by atoms with Gasteiger partial charge in [0, 0.05) is 11.6 Å². The van der Waals surface area contributed by atoms with Gasteiger partial charge in [-0.2, -0.15) is 0 Å². The molecule has 0 radical (unpaired) electrons. The molecule has 4 heteroatoms. The summed E-state index contributed by atoms with van der Waals surface area (Å²) in [5.41, 5.74) is 7.46. The lowest BCUT2D eigenvalue weighted by Gasteiger charge is -2.10. The SMILES string of the molecule is CC(C)OC(=O)Cn1ccc2cccc(N)c21. The highest BCUT2D eigenvalue weighted by Gasteiger charge is 2.10. The molecule has 0 bridgehead atoms. The van der Waals surface area contributed by atoms with Crippen molar-refractivity contribution in [3.8, 4) is 0 Å². The fraction of sp³-hybridized carbons (Fsp3) is 0.308. The van der Waals surface area contributed by atoms with Gasteiger partial charge in [0.1, 0.15) is 6.54 Å². The summed E-state index contributed by atoms with van der Waals surface area (Å²) in [5, 5.41) is 1.03.